The van der Waals surface area contributed by atoms with Crippen LogP contribution in [0, 0.1) is 0 Å². The molecular formula is C34H23NO7. The molecule has 0 N–H and O–H groups in total. The topological polar surface area (TPSA) is 103 Å². The third-order valence-electron chi connectivity index (χ3n) is 7.80. The van der Waals surface area contributed by atoms with Crippen LogP contribution < -0.4 is 16.2 Å². The highest BCUT2D eigenvalue weighted by Gasteiger charge is 2.23. The summed E-state index contributed by atoms with van der Waals surface area (Å²) >= 11 is 0. The molecule has 0 fully saturated rings. The van der Waals surface area contributed by atoms with Gasteiger partial charge in [-0.1, -0.05) is 24.3 Å². The molecular weight excluding hydrogens is 534 g/mol. The minimum absolute atomic E-state index is 0.267. The maximum atomic E-state index is 13.0. The second kappa shape index (κ2) is 9.01. The number of furan rings is 3. The van der Waals surface area contributed by atoms with E-state index in [9.17, 15) is 9.59 Å². The van der Waals surface area contributed by atoms with Gasteiger partial charge in [-0.2, -0.15) is 0 Å². The van der Waals surface area contributed by atoms with E-state index >= 15 is 0 Å². The van der Waals surface area contributed by atoms with Crippen LogP contribution in [0.25, 0.3) is 77.7 Å². The van der Waals surface area contributed by atoms with Crippen molar-refractivity contribution in [2.24, 2.45) is 0 Å². The average molecular weight is 558 g/mol. The van der Waals surface area contributed by atoms with Crippen LogP contribution in [0.1, 0.15) is 13.8 Å². The third-order valence-corrected chi connectivity index (χ3v) is 7.80. The Morgan fingerprint density at radius 3 is 1.71 bits per heavy atom. The van der Waals surface area contributed by atoms with E-state index in [4.69, 9.17) is 22.1 Å². The Morgan fingerprint density at radius 2 is 1.10 bits per heavy atom. The van der Waals surface area contributed by atoms with Gasteiger partial charge in [0.25, 0.3) is 0 Å². The molecule has 8 nitrogen and oxygen atoms in total. The van der Waals surface area contributed by atoms with E-state index in [1.54, 1.807) is 24.3 Å². The summed E-state index contributed by atoms with van der Waals surface area (Å²) < 4.78 is 29.5. The first-order chi connectivity index (χ1) is 20.5. The van der Waals surface area contributed by atoms with Crippen LogP contribution in [0.2, 0.25) is 0 Å². The highest BCUT2D eigenvalue weighted by Crippen LogP contribution is 2.39. The summed E-state index contributed by atoms with van der Waals surface area (Å²) in [5.74, 6) is 0.589. The molecule has 3 aromatic carbocycles. The van der Waals surface area contributed by atoms with E-state index in [0.717, 1.165) is 40.3 Å². The molecule has 0 unspecified atom stereocenters. The maximum Gasteiger partial charge on any atom is 0.347 e. The zero-order chi connectivity index (χ0) is 28.5. The lowest BCUT2D eigenvalue weighted by Gasteiger charge is -2.20. The van der Waals surface area contributed by atoms with E-state index < -0.39 is 11.3 Å². The van der Waals surface area contributed by atoms with Crippen LogP contribution in [-0.4, -0.2) is 13.1 Å². The smallest absolute Gasteiger partial charge is 0.347 e. The number of nitrogens with zero attached hydrogens (tertiary/aromatic N) is 1. The van der Waals surface area contributed by atoms with Crippen molar-refractivity contribution in [2.75, 3.05) is 18.0 Å². The van der Waals surface area contributed by atoms with Crippen molar-refractivity contribution in [1.29, 1.82) is 0 Å². The molecule has 0 atom stereocenters. The Balaban J connectivity index is 1.20. The fourth-order valence-corrected chi connectivity index (χ4v) is 5.64. The molecule has 0 saturated carbocycles. The van der Waals surface area contributed by atoms with Gasteiger partial charge in [-0.05, 0) is 61.0 Å². The summed E-state index contributed by atoms with van der Waals surface area (Å²) in [6.45, 7) is 5.86. The standard InChI is InChI=1S/C34H23NO7/c1-3-35(4-2)22-10-9-20-12-23(33(36)42-26(20)15-22)27-16-29-31(39-27)32-30(38-29)17-28(40-32)24-13-21-11-18-7-5-6-8-19(18)14-25(21)41-34(24)37/h5-17H,3-4H2,1-2H3. The first-order valence-electron chi connectivity index (χ1n) is 13.7. The molecule has 8 rings (SSSR count). The molecule has 0 bridgehead atoms. The van der Waals surface area contributed by atoms with Crippen molar-refractivity contribution in [3.63, 3.8) is 0 Å². The van der Waals surface area contributed by atoms with Crippen LogP contribution in [-0.2, 0) is 0 Å². The minimum Gasteiger partial charge on any atom is -0.449 e. The van der Waals surface area contributed by atoms with E-state index in [-0.39, 0.29) is 11.1 Å². The zero-order valence-corrected chi connectivity index (χ0v) is 22.7. The molecule has 8 heteroatoms. The molecule has 0 amide bonds. The van der Waals surface area contributed by atoms with E-state index in [1.807, 2.05) is 54.6 Å². The van der Waals surface area contributed by atoms with Crippen molar-refractivity contribution in [1.82, 2.24) is 0 Å². The lowest BCUT2D eigenvalue weighted by atomic mass is 10.1. The summed E-state index contributed by atoms with van der Waals surface area (Å²) in [5.41, 5.74) is 2.97. The Bertz CT molecular complexity index is 2450. The average Bonchev–Trinajstić information content (AvgIpc) is 3.67. The second-order valence-electron chi connectivity index (χ2n) is 10.2. The van der Waals surface area contributed by atoms with E-state index in [1.165, 1.54) is 0 Å². The molecule has 5 heterocycles. The first kappa shape index (κ1) is 24.3. The Kier molecular flexibility index (Phi) is 5.21. The van der Waals surface area contributed by atoms with Crippen molar-refractivity contribution in [3.8, 4) is 22.6 Å². The van der Waals surface area contributed by atoms with Crippen molar-refractivity contribution in [3.05, 3.63) is 99.7 Å². The van der Waals surface area contributed by atoms with Crippen LogP contribution in [0.5, 0.6) is 0 Å². The molecule has 0 spiro atoms. The van der Waals surface area contributed by atoms with Gasteiger partial charge in [0.1, 0.15) is 33.8 Å². The molecule has 5 aromatic heterocycles. The number of hydrogen-bond acceptors (Lipinski definition) is 8. The lowest BCUT2D eigenvalue weighted by molar-refractivity contribution is 0.551. The largest absolute Gasteiger partial charge is 0.449 e. The molecule has 8 aromatic rings. The molecule has 206 valence electrons. The van der Waals surface area contributed by atoms with Gasteiger partial charge >= 0.3 is 11.3 Å². The first-order valence-corrected chi connectivity index (χ1v) is 13.7. The highest BCUT2D eigenvalue weighted by molar-refractivity contribution is 6.01. The van der Waals surface area contributed by atoms with Crippen LogP contribution in [0.3, 0.4) is 0 Å². The second-order valence-corrected chi connectivity index (χ2v) is 10.2. The minimum atomic E-state index is -0.525. The van der Waals surface area contributed by atoms with Crippen LogP contribution in [0.4, 0.5) is 5.69 Å². The van der Waals surface area contributed by atoms with E-state index in [2.05, 4.69) is 18.7 Å². The van der Waals surface area contributed by atoms with Gasteiger partial charge in [-0.15, -0.1) is 0 Å². The van der Waals surface area contributed by atoms with Crippen molar-refractivity contribution < 1.29 is 22.1 Å². The Hall–Kier alpha value is -5.50. The summed E-state index contributed by atoms with van der Waals surface area (Å²) in [5, 5.41) is 3.56. The monoisotopic (exact) mass is 557 g/mol. The molecule has 0 aliphatic heterocycles. The Morgan fingerprint density at radius 1 is 0.524 bits per heavy atom. The molecule has 0 radical (unpaired) electrons. The quantitative estimate of drug-likeness (QED) is 0.154. The summed E-state index contributed by atoms with van der Waals surface area (Å²) in [4.78, 5) is 28.1. The predicted octanol–water partition coefficient (Wildman–Crippen LogP) is 8.32. The fraction of sp³-hybridized carbons (Fsp3) is 0.118. The molecule has 0 saturated heterocycles. The lowest BCUT2D eigenvalue weighted by Crippen LogP contribution is -2.21. The summed E-state index contributed by atoms with van der Waals surface area (Å²) in [7, 11) is 0. The predicted molar refractivity (Wildman–Crippen MR) is 162 cm³/mol. The van der Waals surface area contributed by atoms with Gasteiger partial charge in [-0.3, -0.25) is 0 Å². The van der Waals surface area contributed by atoms with Crippen LogP contribution >= 0.6 is 0 Å². The molecule has 0 aliphatic rings. The number of fused-ring (bicyclic) bond motifs is 6. The number of hydrogen-bond donors (Lipinski definition) is 0. The van der Waals surface area contributed by atoms with Crippen molar-refractivity contribution in [2.45, 2.75) is 13.8 Å². The maximum absolute atomic E-state index is 13.0. The van der Waals surface area contributed by atoms with Gasteiger partial charge in [0.05, 0.1) is 0 Å². The van der Waals surface area contributed by atoms with Gasteiger partial charge in [0.2, 0.25) is 11.2 Å². The number of rotatable bonds is 5. The molecule has 0 aliphatic carbocycles. The van der Waals surface area contributed by atoms with Gasteiger partial charge < -0.3 is 27.0 Å². The van der Waals surface area contributed by atoms with Gasteiger partial charge in [0, 0.05) is 47.7 Å². The molecule has 42 heavy (non-hydrogen) atoms. The number of anilines is 1. The van der Waals surface area contributed by atoms with Gasteiger partial charge in [-0.25, -0.2) is 9.59 Å². The number of benzene rings is 3. The summed E-state index contributed by atoms with van der Waals surface area (Å²) in [6.07, 6.45) is 0. The zero-order valence-electron chi connectivity index (χ0n) is 22.7. The van der Waals surface area contributed by atoms with Crippen molar-refractivity contribution >= 4 is 60.7 Å². The Labute approximate surface area is 236 Å². The SMILES string of the molecule is CCN(CC)c1ccc2cc(-c3cc4oc5cc(-c6cc7cc8ccccc8cc7oc6=O)oc5c4o3)c(=O)oc2c1. The summed E-state index contributed by atoms with van der Waals surface area (Å²) in [6, 6.07) is 24.3. The highest BCUT2D eigenvalue weighted by atomic mass is 16.4. The van der Waals surface area contributed by atoms with Crippen LogP contribution in [0.15, 0.2) is 111 Å². The fourth-order valence-electron chi connectivity index (χ4n) is 5.64. The normalized spacial score (nSPS) is 12.0. The van der Waals surface area contributed by atoms with Gasteiger partial charge in [0.15, 0.2) is 11.2 Å². The third kappa shape index (κ3) is 3.69. The van der Waals surface area contributed by atoms with E-state index in [0.29, 0.717) is 45.0 Å².